The Morgan fingerprint density at radius 2 is 2.17 bits per heavy atom. The standard InChI is InChI=1S/C7H7NO3.BrH/c1-4-5(9)2-3-8-6(4)7(10)11;/h2-3H,1H3,(H,8,9)(H,10,11);1H. The molecule has 12 heavy (non-hydrogen) atoms. The van der Waals surface area contributed by atoms with E-state index in [2.05, 4.69) is 4.98 Å². The molecule has 0 amide bonds. The molecular formula is C7H8BrNO3. The predicted octanol–water partition coefficient (Wildman–Crippen LogP) is 0.959. The quantitative estimate of drug-likeness (QED) is 0.760. The van der Waals surface area contributed by atoms with Crippen LogP contribution in [0.4, 0.5) is 0 Å². The number of rotatable bonds is 1. The second-order valence-electron chi connectivity index (χ2n) is 2.15. The molecule has 0 aliphatic carbocycles. The van der Waals surface area contributed by atoms with Crippen molar-refractivity contribution in [1.29, 1.82) is 0 Å². The van der Waals surface area contributed by atoms with Gasteiger partial charge in [-0.2, -0.15) is 0 Å². The van der Waals surface area contributed by atoms with Gasteiger partial charge in [0.2, 0.25) is 0 Å². The van der Waals surface area contributed by atoms with E-state index >= 15 is 0 Å². The average Bonchev–Trinajstić information content (AvgIpc) is 1.94. The lowest BCUT2D eigenvalue weighted by Gasteiger charge is -1.96. The summed E-state index contributed by atoms with van der Waals surface area (Å²) >= 11 is 0. The topological polar surface area (TPSA) is 70.2 Å². The van der Waals surface area contributed by atoms with Crippen LogP contribution >= 0.6 is 17.0 Å². The van der Waals surface area contributed by atoms with E-state index in [1.807, 2.05) is 0 Å². The van der Waals surface area contributed by atoms with Gasteiger partial charge in [0.05, 0.1) is 0 Å². The Kier molecular flexibility index (Phi) is 3.69. The third-order valence-electron chi connectivity index (χ3n) is 1.42. The van der Waals surface area contributed by atoms with E-state index in [0.29, 0.717) is 0 Å². The molecule has 0 spiro atoms. The van der Waals surface area contributed by atoms with Crippen LogP contribution in [0.5, 0.6) is 0 Å². The molecule has 5 heteroatoms. The molecule has 1 aromatic heterocycles. The Morgan fingerprint density at radius 1 is 1.58 bits per heavy atom. The number of aromatic amines is 1. The van der Waals surface area contributed by atoms with Crippen molar-refractivity contribution < 1.29 is 9.90 Å². The smallest absolute Gasteiger partial charge is 0.352 e. The summed E-state index contributed by atoms with van der Waals surface area (Å²) in [6.45, 7) is 1.47. The first-order valence-corrected chi connectivity index (χ1v) is 3.04. The number of carboxylic acids is 1. The van der Waals surface area contributed by atoms with Gasteiger partial charge in [0.1, 0.15) is 5.69 Å². The molecule has 0 aliphatic heterocycles. The maximum atomic E-state index is 10.9. The molecule has 0 unspecified atom stereocenters. The minimum Gasteiger partial charge on any atom is -0.477 e. The van der Waals surface area contributed by atoms with Crippen LogP contribution in [-0.2, 0) is 0 Å². The summed E-state index contributed by atoms with van der Waals surface area (Å²) in [7, 11) is 0. The van der Waals surface area contributed by atoms with Crippen molar-refractivity contribution >= 4 is 23.0 Å². The maximum absolute atomic E-state index is 10.9. The SMILES string of the molecule is Br.Cc1c(C(=O)O)[nH]ccc1=O. The number of hydrogen-bond donors (Lipinski definition) is 2. The number of aromatic carboxylic acids is 1. The molecule has 0 fully saturated rings. The lowest BCUT2D eigenvalue weighted by molar-refractivity contribution is 0.0689. The Hall–Kier alpha value is -1.10. The van der Waals surface area contributed by atoms with Gasteiger partial charge in [-0.3, -0.25) is 4.79 Å². The number of aromatic nitrogens is 1. The molecule has 1 aromatic rings. The zero-order valence-electron chi connectivity index (χ0n) is 6.33. The van der Waals surface area contributed by atoms with Gasteiger partial charge in [0.15, 0.2) is 5.43 Å². The molecule has 66 valence electrons. The summed E-state index contributed by atoms with van der Waals surface area (Å²) < 4.78 is 0. The van der Waals surface area contributed by atoms with Crippen LogP contribution < -0.4 is 5.43 Å². The predicted molar refractivity (Wildman–Crippen MR) is 49.1 cm³/mol. The van der Waals surface area contributed by atoms with Crippen molar-refractivity contribution in [3.63, 3.8) is 0 Å². The minimum atomic E-state index is -1.11. The van der Waals surface area contributed by atoms with Crippen LogP contribution in [-0.4, -0.2) is 16.1 Å². The van der Waals surface area contributed by atoms with E-state index in [1.54, 1.807) is 0 Å². The van der Waals surface area contributed by atoms with Crippen LogP contribution in [0, 0.1) is 6.92 Å². The number of nitrogens with one attached hydrogen (secondary N) is 1. The molecule has 1 heterocycles. The van der Waals surface area contributed by atoms with Gasteiger partial charge >= 0.3 is 5.97 Å². The number of halogens is 1. The fraction of sp³-hybridized carbons (Fsp3) is 0.143. The minimum absolute atomic E-state index is 0. The van der Waals surface area contributed by atoms with Crippen molar-refractivity contribution in [2.45, 2.75) is 6.92 Å². The fourth-order valence-electron chi connectivity index (χ4n) is 0.779. The van der Waals surface area contributed by atoms with Gasteiger partial charge in [-0.25, -0.2) is 4.79 Å². The van der Waals surface area contributed by atoms with Gasteiger partial charge in [0.25, 0.3) is 0 Å². The molecule has 0 bridgehead atoms. The number of carbonyl (C=O) groups is 1. The highest BCUT2D eigenvalue weighted by Crippen LogP contribution is 1.96. The van der Waals surface area contributed by atoms with Crippen LogP contribution in [0.25, 0.3) is 0 Å². The van der Waals surface area contributed by atoms with Crippen molar-refractivity contribution in [1.82, 2.24) is 4.98 Å². The monoisotopic (exact) mass is 233 g/mol. The number of hydrogen-bond acceptors (Lipinski definition) is 2. The van der Waals surface area contributed by atoms with Crippen LogP contribution in [0.1, 0.15) is 16.1 Å². The summed E-state index contributed by atoms with van der Waals surface area (Å²) in [6.07, 6.45) is 1.32. The molecule has 0 aromatic carbocycles. The number of pyridine rings is 1. The van der Waals surface area contributed by atoms with E-state index in [-0.39, 0.29) is 33.7 Å². The van der Waals surface area contributed by atoms with Crippen molar-refractivity contribution in [3.05, 3.63) is 33.7 Å². The molecule has 4 nitrogen and oxygen atoms in total. The first kappa shape index (κ1) is 10.9. The highest BCUT2D eigenvalue weighted by molar-refractivity contribution is 8.93. The molecular weight excluding hydrogens is 226 g/mol. The first-order chi connectivity index (χ1) is 5.13. The third kappa shape index (κ3) is 1.94. The molecule has 1 rings (SSSR count). The van der Waals surface area contributed by atoms with E-state index in [4.69, 9.17) is 5.11 Å². The molecule has 0 saturated carbocycles. The first-order valence-electron chi connectivity index (χ1n) is 3.04. The van der Waals surface area contributed by atoms with Gasteiger partial charge < -0.3 is 10.1 Å². The number of carboxylic acid groups (broad SMARTS) is 1. The van der Waals surface area contributed by atoms with Crippen molar-refractivity contribution in [2.24, 2.45) is 0 Å². The molecule has 0 aliphatic rings. The molecule has 0 saturated heterocycles. The summed E-state index contributed by atoms with van der Waals surface area (Å²) in [4.78, 5) is 23.7. The highest BCUT2D eigenvalue weighted by atomic mass is 79.9. The lowest BCUT2D eigenvalue weighted by atomic mass is 10.2. The normalized spacial score (nSPS) is 8.75. The summed E-state index contributed by atoms with van der Waals surface area (Å²) in [6, 6.07) is 1.29. The second-order valence-corrected chi connectivity index (χ2v) is 2.15. The van der Waals surface area contributed by atoms with Gasteiger partial charge in [0, 0.05) is 17.8 Å². The Labute approximate surface area is 79.0 Å². The third-order valence-corrected chi connectivity index (χ3v) is 1.42. The Bertz CT molecular complexity index is 345. The largest absolute Gasteiger partial charge is 0.477 e. The summed E-state index contributed by atoms with van der Waals surface area (Å²) in [5.41, 5.74) is -0.0707. The number of H-pyrrole nitrogens is 1. The Morgan fingerprint density at radius 3 is 2.58 bits per heavy atom. The average molecular weight is 234 g/mol. The second kappa shape index (κ2) is 4.06. The fourth-order valence-corrected chi connectivity index (χ4v) is 0.779. The molecule has 0 radical (unpaired) electrons. The van der Waals surface area contributed by atoms with E-state index in [9.17, 15) is 9.59 Å². The summed E-state index contributed by atoms with van der Waals surface area (Å²) in [5.74, 6) is -1.11. The van der Waals surface area contributed by atoms with Crippen LogP contribution in [0.2, 0.25) is 0 Å². The van der Waals surface area contributed by atoms with Crippen LogP contribution in [0.3, 0.4) is 0 Å². The van der Waals surface area contributed by atoms with Gasteiger partial charge in [-0.1, -0.05) is 0 Å². The van der Waals surface area contributed by atoms with Crippen molar-refractivity contribution in [2.75, 3.05) is 0 Å². The molecule has 0 atom stereocenters. The maximum Gasteiger partial charge on any atom is 0.352 e. The van der Waals surface area contributed by atoms with E-state index in [0.717, 1.165) is 0 Å². The summed E-state index contributed by atoms with van der Waals surface area (Å²) in [5, 5.41) is 8.52. The highest BCUT2D eigenvalue weighted by Gasteiger charge is 2.07. The van der Waals surface area contributed by atoms with Gasteiger partial charge in [-0.15, -0.1) is 17.0 Å². The lowest BCUT2D eigenvalue weighted by Crippen LogP contribution is -2.12. The molecule has 2 N–H and O–H groups in total. The van der Waals surface area contributed by atoms with Crippen LogP contribution in [0.15, 0.2) is 17.1 Å². The van der Waals surface area contributed by atoms with E-state index in [1.165, 1.54) is 19.2 Å². The van der Waals surface area contributed by atoms with Crippen molar-refractivity contribution in [3.8, 4) is 0 Å². The zero-order valence-corrected chi connectivity index (χ0v) is 8.04. The van der Waals surface area contributed by atoms with E-state index < -0.39 is 5.97 Å². The Balaban J connectivity index is 0.00000121. The zero-order chi connectivity index (χ0) is 8.43. The van der Waals surface area contributed by atoms with Gasteiger partial charge in [-0.05, 0) is 6.92 Å².